The minimum Gasteiger partial charge on any atom is -0.351 e. The smallest absolute Gasteiger partial charge is 0.316 e. The van der Waals surface area contributed by atoms with Gasteiger partial charge < -0.3 is 11.5 Å². The van der Waals surface area contributed by atoms with Gasteiger partial charge in [-0.25, -0.2) is 9.59 Å². The molecule has 8 nitrogen and oxygen atoms in total. The van der Waals surface area contributed by atoms with Crippen LogP contribution in [0.15, 0.2) is 10.2 Å². The maximum atomic E-state index is 12.3. The molecular weight excluding hydrogens is 380 g/mol. The summed E-state index contributed by atoms with van der Waals surface area (Å²) in [4.78, 5) is 27.8. The first-order valence-corrected chi connectivity index (χ1v) is 11.1. The molecule has 0 aromatic heterocycles. The van der Waals surface area contributed by atoms with E-state index in [9.17, 15) is 9.59 Å². The number of nitrogens with zero attached hydrogens (tertiary/aromatic N) is 4. The Hall–Kier alpha value is -1.86. The van der Waals surface area contributed by atoms with E-state index >= 15 is 0 Å². The van der Waals surface area contributed by atoms with Crippen LogP contribution in [0.25, 0.3) is 0 Å². The van der Waals surface area contributed by atoms with Gasteiger partial charge in [0, 0.05) is 13.1 Å². The third kappa shape index (κ3) is 8.88. The first-order valence-electron chi connectivity index (χ1n) is 11.1. The van der Waals surface area contributed by atoms with Crippen LogP contribution in [0.1, 0.15) is 82.1 Å². The zero-order valence-corrected chi connectivity index (χ0v) is 20.9. The van der Waals surface area contributed by atoms with Gasteiger partial charge in [-0.15, -0.1) is 0 Å². The van der Waals surface area contributed by atoms with E-state index in [1.165, 1.54) is 0 Å². The highest BCUT2D eigenvalue weighted by atomic mass is 16.2. The van der Waals surface area contributed by atoms with E-state index in [2.05, 4.69) is 27.7 Å². The SMILES string of the molecule is CC(C)CN(C(N)=O)C(C)(CC(C)C)/N=N/C(C)(CC(C)C)N(CC(C)C)C(N)=O. The van der Waals surface area contributed by atoms with Crippen LogP contribution in [0, 0.1) is 23.7 Å². The van der Waals surface area contributed by atoms with Crippen molar-refractivity contribution in [2.75, 3.05) is 13.1 Å². The van der Waals surface area contributed by atoms with Gasteiger partial charge >= 0.3 is 12.1 Å². The second-order valence-electron chi connectivity index (χ2n) is 10.5. The molecule has 0 bridgehead atoms. The highest BCUT2D eigenvalue weighted by Crippen LogP contribution is 2.32. The quantitative estimate of drug-likeness (QED) is 0.425. The topological polar surface area (TPSA) is 117 Å². The fraction of sp³-hybridized carbons (Fsp3) is 0.909. The van der Waals surface area contributed by atoms with Crippen LogP contribution in [0.2, 0.25) is 0 Å². The number of urea groups is 2. The van der Waals surface area contributed by atoms with Gasteiger partial charge in [0.05, 0.1) is 0 Å². The van der Waals surface area contributed by atoms with Crippen LogP contribution in [0.4, 0.5) is 9.59 Å². The van der Waals surface area contributed by atoms with Gasteiger partial charge in [0.25, 0.3) is 0 Å². The molecular formula is C22H46N6O2. The molecule has 0 rings (SSSR count). The molecule has 0 saturated carbocycles. The lowest BCUT2D eigenvalue weighted by Gasteiger charge is -2.42. The van der Waals surface area contributed by atoms with Crippen molar-refractivity contribution < 1.29 is 9.59 Å². The first kappa shape index (κ1) is 28.1. The molecule has 0 saturated heterocycles. The number of carbonyl (C=O) groups is 2. The second kappa shape index (κ2) is 11.5. The van der Waals surface area contributed by atoms with Crippen molar-refractivity contribution in [2.24, 2.45) is 45.4 Å². The molecule has 2 atom stereocenters. The monoisotopic (exact) mass is 426 g/mol. The maximum Gasteiger partial charge on any atom is 0.316 e. The van der Waals surface area contributed by atoms with Crippen molar-refractivity contribution in [3.05, 3.63) is 0 Å². The Labute approximate surface area is 183 Å². The number of azo groups is 1. The summed E-state index contributed by atoms with van der Waals surface area (Å²) >= 11 is 0. The summed E-state index contributed by atoms with van der Waals surface area (Å²) in [6.45, 7) is 21.1. The summed E-state index contributed by atoms with van der Waals surface area (Å²) < 4.78 is 0. The van der Waals surface area contributed by atoms with Crippen LogP contribution in [-0.4, -0.2) is 46.3 Å². The molecule has 176 valence electrons. The highest BCUT2D eigenvalue weighted by molar-refractivity contribution is 5.73. The molecule has 0 heterocycles. The normalized spacial score (nSPS) is 16.3. The minimum atomic E-state index is -0.913. The fourth-order valence-electron chi connectivity index (χ4n) is 3.95. The molecule has 0 fully saturated rings. The van der Waals surface area contributed by atoms with Gasteiger partial charge in [0.15, 0.2) is 11.3 Å². The lowest BCUT2D eigenvalue weighted by Crippen LogP contribution is -2.55. The summed E-state index contributed by atoms with van der Waals surface area (Å²) in [5, 5.41) is 9.41. The zero-order chi connectivity index (χ0) is 23.9. The summed E-state index contributed by atoms with van der Waals surface area (Å²) in [6, 6.07) is -1.05. The van der Waals surface area contributed by atoms with Gasteiger partial charge in [0.2, 0.25) is 0 Å². The lowest BCUT2D eigenvalue weighted by molar-refractivity contribution is 0.0741. The Morgan fingerprint density at radius 1 is 0.667 bits per heavy atom. The maximum absolute atomic E-state index is 12.3. The molecule has 4 amide bonds. The van der Waals surface area contributed by atoms with Crippen molar-refractivity contribution in [3.63, 3.8) is 0 Å². The van der Waals surface area contributed by atoms with E-state index in [1.54, 1.807) is 9.80 Å². The summed E-state index contributed by atoms with van der Waals surface area (Å²) in [6.07, 6.45) is 1.20. The summed E-state index contributed by atoms with van der Waals surface area (Å²) in [5.74, 6) is 0.984. The molecule has 0 aromatic carbocycles. The van der Waals surface area contributed by atoms with Crippen molar-refractivity contribution >= 4 is 12.1 Å². The Bertz CT molecular complexity index is 540. The standard InChI is InChI=1S/C22H46N6O2/c1-15(2)11-21(9,27(19(23)29)13-17(5)6)25-26-22(10,12-16(3)4)28(20(24)30)14-18(7)8/h15-18H,11-14H2,1-10H3,(H2,23,29)(H2,24,30)/b26-25+. The van der Waals surface area contributed by atoms with Crippen LogP contribution < -0.4 is 11.5 Å². The number of carbonyl (C=O) groups excluding carboxylic acids is 2. The van der Waals surface area contributed by atoms with E-state index < -0.39 is 23.4 Å². The second-order valence-corrected chi connectivity index (χ2v) is 10.5. The van der Waals surface area contributed by atoms with Crippen LogP contribution >= 0.6 is 0 Å². The first-order chi connectivity index (χ1) is 13.5. The average Bonchev–Trinajstić information content (AvgIpc) is 2.53. The predicted octanol–water partition coefficient (Wildman–Crippen LogP) is 5.04. The van der Waals surface area contributed by atoms with E-state index in [0.29, 0.717) is 25.9 Å². The average molecular weight is 427 g/mol. The van der Waals surface area contributed by atoms with Crippen molar-refractivity contribution in [2.45, 2.75) is 93.4 Å². The number of amides is 4. The van der Waals surface area contributed by atoms with Gasteiger partial charge in [-0.05, 0) is 50.4 Å². The highest BCUT2D eigenvalue weighted by Gasteiger charge is 2.40. The van der Waals surface area contributed by atoms with Gasteiger partial charge in [0.1, 0.15) is 0 Å². The van der Waals surface area contributed by atoms with Crippen molar-refractivity contribution in [3.8, 4) is 0 Å². The summed E-state index contributed by atoms with van der Waals surface area (Å²) in [7, 11) is 0. The third-order valence-corrected chi connectivity index (χ3v) is 4.86. The van der Waals surface area contributed by atoms with E-state index in [4.69, 9.17) is 21.7 Å². The van der Waals surface area contributed by atoms with Crippen LogP contribution in [0.3, 0.4) is 0 Å². The molecule has 2 unspecified atom stereocenters. The third-order valence-electron chi connectivity index (χ3n) is 4.86. The number of nitrogens with two attached hydrogens (primary N) is 2. The van der Waals surface area contributed by atoms with E-state index in [1.807, 2.05) is 41.5 Å². The molecule has 0 aliphatic heterocycles. The predicted molar refractivity (Wildman–Crippen MR) is 123 cm³/mol. The van der Waals surface area contributed by atoms with E-state index in [-0.39, 0.29) is 23.7 Å². The Balaban J connectivity index is 6.37. The molecule has 0 aliphatic rings. The van der Waals surface area contributed by atoms with Crippen molar-refractivity contribution in [1.82, 2.24) is 9.80 Å². The molecule has 0 aromatic rings. The van der Waals surface area contributed by atoms with Crippen molar-refractivity contribution in [1.29, 1.82) is 0 Å². The Morgan fingerprint density at radius 3 is 1.10 bits per heavy atom. The van der Waals surface area contributed by atoms with Crippen LogP contribution in [0.5, 0.6) is 0 Å². The number of hydrogen-bond donors (Lipinski definition) is 2. The van der Waals surface area contributed by atoms with Crippen LogP contribution in [-0.2, 0) is 0 Å². The van der Waals surface area contributed by atoms with Gasteiger partial charge in [-0.3, -0.25) is 9.80 Å². The Kier molecular flexibility index (Phi) is 10.8. The molecule has 0 radical (unpaired) electrons. The van der Waals surface area contributed by atoms with Gasteiger partial charge in [-0.2, -0.15) is 10.2 Å². The van der Waals surface area contributed by atoms with E-state index in [0.717, 1.165) is 0 Å². The zero-order valence-electron chi connectivity index (χ0n) is 20.9. The lowest BCUT2D eigenvalue weighted by atomic mass is 9.96. The molecule has 0 spiro atoms. The molecule has 0 aliphatic carbocycles. The molecule has 8 heteroatoms. The number of rotatable bonds is 12. The minimum absolute atomic E-state index is 0.226. The Morgan fingerprint density at radius 2 is 0.933 bits per heavy atom. The molecule has 30 heavy (non-hydrogen) atoms. The van der Waals surface area contributed by atoms with Gasteiger partial charge in [-0.1, -0.05) is 55.4 Å². The largest absolute Gasteiger partial charge is 0.351 e. The number of primary amides is 2. The number of hydrogen-bond acceptors (Lipinski definition) is 4. The molecule has 4 N–H and O–H groups in total. The fourth-order valence-corrected chi connectivity index (χ4v) is 3.95. The summed E-state index contributed by atoms with van der Waals surface area (Å²) in [5.41, 5.74) is 9.66.